The van der Waals surface area contributed by atoms with Gasteiger partial charge in [-0.2, -0.15) is 0 Å². The maximum absolute atomic E-state index is 13.8. The summed E-state index contributed by atoms with van der Waals surface area (Å²) in [5.74, 6) is 1.76. The van der Waals surface area contributed by atoms with Crippen LogP contribution in [0.15, 0.2) is 24.3 Å². The fraction of sp³-hybridized carbons (Fsp3) is 0.769. The number of sulfonamides is 1. The number of aliphatic hydroxyl groups is 1. The highest BCUT2D eigenvalue weighted by atomic mass is 32.2. The van der Waals surface area contributed by atoms with Crippen LogP contribution < -0.4 is 4.74 Å². The van der Waals surface area contributed by atoms with Crippen LogP contribution in [0.25, 0.3) is 0 Å². The minimum absolute atomic E-state index is 0.0552. The molecule has 0 aromatic heterocycles. The van der Waals surface area contributed by atoms with Crippen LogP contribution >= 0.6 is 0 Å². The first-order valence-electron chi connectivity index (χ1n) is 12.4. The van der Waals surface area contributed by atoms with Crippen LogP contribution in [-0.4, -0.2) is 69.3 Å². The predicted octanol–water partition coefficient (Wildman–Crippen LogP) is 3.56. The molecule has 6 nitrogen and oxygen atoms in total. The van der Waals surface area contributed by atoms with Gasteiger partial charge in [0.15, 0.2) is 0 Å². The van der Waals surface area contributed by atoms with Gasteiger partial charge in [-0.3, -0.25) is 0 Å². The Balaban J connectivity index is 1.60. The van der Waals surface area contributed by atoms with Gasteiger partial charge >= 0.3 is 0 Å². The fourth-order valence-corrected chi connectivity index (χ4v) is 9.86. The van der Waals surface area contributed by atoms with E-state index in [0.717, 1.165) is 24.8 Å². The number of benzene rings is 1. The molecule has 0 radical (unpaired) electrons. The molecule has 1 N–H and O–H groups in total. The van der Waals surface area contributed by atoms with E-state index < -0.39 is 15.6 Å². The lowest BCUT2D eigenvalue weighted by atomic mass is 9.67. The van der Waals surface area contributed by atoms with Gasteiger partial charge in [0.25, 0.3) is 0 Å². The summed E-state index contributed by atoms with van der Waals surface area (Å²) in [6, 6.07) is 7.57. The standard InChI is InChI=1S/C26H42N2O4S/c1-19-14-20-10-11-25(19,24(20,2)3)18-33(30,31)28-13-12-26(29,22(17-28)16-27(4)5)21-8-7-9-23(15-21)32-6/h7-9,15,19-20,22,29H,10-14,16-18H2,1-6H3/t19?,20?,22?,25-,26?/m0/s1. The molecule has 2 saturated carbocycles. The van der Waals surface area contributed by atoms with Crippen molar-refractivity contribution in [3.63, 3.8) is 0 Å². The van der Waals surface area contributed by atoms with Gasteiger partial charge in [-0.25, -0.2) is 12.7 Å². The van der Waals surface area contributed by atoms with E-state index >= 15 is 0 Å². The maximum Gasteiger partial charge on any atom is 0.214 e. The minimum atomic E-state index is -3.45. The van der Waals surface area contributed by atoms with E-state index in [4.69, 9.17) is 4.74 Å². The summed E-state index contributed by atoms with van der Waals surface area (Å²) < 4.78 is 34.8. The van der Waals surface area contributed by atoms with Crippen molar-refractivity contribution in [2.75, 3.05) is 46.6 Å². The Hall–Kier alpha value is -1.15. The molecule has 2 bridgehead atoms. The fourth-order valence-electron chi connectivity index (χ4n) is 7.45. The third-order valence-electron chi connectivity index (χ3n) is 9.65. The van der Waals surface area contributed by atoms with Crippen LogP contribution in [-0.2, 0) is 15.6 Å². The van der Waals surface area contributed by atoms with Crippen LogP contribution in [0.4, 0.5) is 0 Å². The molecule has 3 fully saturated rings. The van der Waals surface area contributed by atoms with Gasteiger partial charge in [-0.05, 0) is 80.1 Å². The molecule has 1 aliphatic heterocycles. The Kier molecular flexibility index (Phi) is 6.43. The average molecular weight is 479 g/mol. The first-order chi connectivity index (χ1) is 15.4. The topological polar surface area (TPSA) is 70.1 Å². The zero-order chi connectivity index (χ0) is 24.2. The van der Waals surface area contributed by atoms with E-state index in [1.165, 1.54) is 0 Å². The van der Waals surface area contributed by atoms with E-state index in [0.29, 0.717) is 43.6 Å². The number of fused-ring (bicyclic) bond motifs is 2. The van der Waals surface area contributed by atoms with Gasteiger partial charge < -0.3 is 14.7 Å². The molecule has 1 aromatic carbocycles. The van der Waals surface area contributed by atoms with E-state index in [1.54, 1.807) is 11.4 Å². The molecular formula is C26H42N2O4S. The van der Waals surface area contributed by atoms with Gasteiger partial charge in [-0.15, -0.1) is 0 Å². The molecule has 7 heteroatoms. The van der Waals surface area contributed by atoms with Crippen molar-refractivity contribution in [2.45, 2.75) is 52.1 Å². The first-order valence-corrected chi connectivity index (χ1v) is 14.0. The summed E-state index contributed by atoms with van der Waals surface area (Å²) in [5, 5.41) is 11.9. The molecule has 186 valence electrons. The van der Waals surface area contributed by atoms with Crippen molar-refractivity contribution >= 4 is 10.0 Å². The predicted molar refractivity (Wildman–Crippen MR) is 132 cm³/mol. The second kappa shape index (κ2) is 8.51. The number of hydrogen-bond donors (Lipinski definition) is 1. The summed E-state index contributed by atoms with van der Waals surface area (Å²) >= 11 is 0. The highest BCUT2D eigenvalue weighted by Crippen LogP contribution is 2.68. The summed E-state index contributed by atoms with van der Waals surface area (Å²) in [4.78, 5) is 2.04. The number of hydrogen-bond acceptors (Lipinski definition) is 5. The van der Waals surface area contributed by atoms with Gasteiger partial charge in [0.2, 0.25) is 10.0 Å². The summed E-state index contributed by atoms with van der Waals surface area (Å²) in [5.41, 5.74) is -0.386. The molecule has 0 spiro atoms. The van der Waals surface area contributed by atoms with Crippen LogP contribution in [0.2, 0.25) is 0 Å². The number of rotatable bonds is 7. The van der Waals surface area contributed by atoms with Crippen molar-refractivity contribution in [3.8, 4) is 5.75 Å². The molecule has 1 saturated heterocycles. The molecule has 33 heavy (non-hydrogen) atoms. The van der Waals surface area contributed by atoms with Crippen molar-refractivity contribution in [3.05, 3.63) is 29.8 Å². The van der Waals surface area contributed by atoms with Crippen molar-refractivity contribution in [2.24, 2.45) is 28.6 Å². The Labute approximate surface area is 200 Å². The van der Waals surface area contributed by atoms with Gasteiger partial charge in [0.1, 0.15) is 5.75 Å². The normalized spacial score (nSPS) is 36.4. The monoisotopic (exact) mass is 478 g/mol. The summed E-state index contributed by atoms with van der Waals surface area (Å²) in [6.07, 6.45) is 3.67. The second-order valence-corrected chi connectivity index (χ2v) is 13.7. The second-order valence-electron chi connectivity index (χ2n) is 11.7. The lowest BCUT2D eigenvalue weighted by molar-refractivity contribution is -0.0701. The molecule has 2 aliphatic carbocycles. The largest absolute Gasteiger partial charge is 0.497 e. The highest BCUT2D eigenvalue weighted by Gasteiger charge is 2.64. The van der Waals surface area contributed by atoms with E-state index in [-0.39, 0.29) is 22.5 Å². The third kappa shape index (κ3) is 4.03. The van der Waals surface area contributed by atoms with Crippen LogP contribution in [0, 0.1) is 28.6 Å². The highest BCUT2D eigenvalue weighted by molar-refractivity contribution is 7.89. The Morgan fingerprint density at radius 1 is 1.24 bits per heavy atom. The number of methoxy groups -OCH3 is 1. The zero-order valence-electron chi connectivity index (χ0n) is 21.2. The summed E-state index contributed by atoms with van der Waals surface area (Å²) in [7, 11) is 2.11. The van der Waals surface area contributed by atoms with Gasteiger partial charge in [0.05, 0.1) is 18.5 Å². The molecule has 3 aliphatic rings. The smallest absolute Gasteiger partial charge is 0.214 e. The molecule has 1 heterocycles. The van der Waals surface area contributed by atoms with E-state index in [1.807, 2.05) is 43.3 Å². The maximum atomic E-state index is 13.8. The molecule has 4 rings (SSSR count). The molecule has 4 unspecified atom stereocenters. The van der Waals surface area contributed by atoms with Crippen LogP contribution in [0.1, 0.15) is 52.0 Å². The number of ether oxygens (including phenoxy) is 1. The Morgan fingerprint density at radius 2 is 1.97 bits per heavy atom. The summed E-state index contributed by atoms with van der Waals surface area (Å²) in [6.45, 7) is 8.11. The van der Waals surface area contributed by atoms with Gasteiger partial charge in [-0.1, -0.05) is 32.9 Å². The number of piperidine rings is 1. The van der Waals surface area contributed by atoms with Crippen LogP contribution in [0.5, 0.6) is 5.75 Å². The van der Waals surface area contributed by atoms with Crippen molar-refractivity contribution in [1.82, 2.24) is 9.21 Å². The molecule has 5 atom stereocenters. The van der Waals surface area contributed by atoms with E-state index in [9.17, 15) is 13.5 Å². The minimum Gasteiger partial charge on any atom is -0.497 e. The van der Waals surface area contributed by atoms with Crippen molar-refractivity contribution < 1.29 is 18.3 Å². The average Bonchev–Trinajstić information content (AvgIpc) is 3.09. The Bertz CT molecular complexity index is 978. The molecular weight excluding hydrogens is 436 g/mol. The van der Waals surface area contributed by atoms with Crippen LogP contribution in [0.3, 0.4) is 0 Å². The first kappa shape index (κ1) is 25.0. The lowest BCUT2D eigenvalue weighted by Gasteiger charge is -2.47. The Morgan fingerprint density at radius 3 is 2.55 bits per heavy atom. The lowest BCUT2D eigenvalue weighted by Crippen LogP contribution is -2.56. The third-order valence-corrected chi connectivity index (χ3v) is 11.7. The van der Waals surface area contributed by atoms with Gasteiger partial charge in [0, 0.05) is 25.6 Å². The van der Waals surface area contributed by atoms with Crippen molar-refractivity contribution in [1.29, 1.82) is 0 Å². The zero-order valence-corrected chi connectivity index (χ0v) is 22.0. The molecule has 0 amide bonds. The van der Waals surface area contributed by atoms with E-state index in [2.05, 4.69) is 20.8 Å². The SMILES string of the molecule is COc1cccc(C2(O)CCN(S(=O)(=O)C[C@@]34CCC(CC3C)C4(C)C)CC2CN(C)C)c1. The number of nitrogens with zero attached hydrogens (tertiary/aromatic N) is 2. The molecule has 1 aromatic rings. The quantitative estimate of drug-likeness (QED) is 0.649.